The summed E-state index contributed by atoms with van der Waals surface area (Å²) in [5.41, 5.74) is 0.306. The Bertz CT molecular complexity index is 764. The first-order valence-electron chi connectivity index (χ1n) is 5.57. The molecular weight excluding hydrogens is 320 g/mol. The van der Waals surface area contributed by atoms with Gasteiger partial charge in [0.25, 0.3) is 5.69 Å². The highest BCUT2D eigenvalue weighted by Crippen LogP contribution is 2.16. The highest BCUT2D eigenvalue weighted by molar-refractivity contribution is 7.91. The van der Waals surface area contributed by atoms with Gasteiger partial charge in [-0.25, -0.2) is 18.4 Å². The van der Waals surface area contributed by atoms with Gasteiger partial charge in [-0.1, -0.05) is 23.7 Å². The Labute approximate surface area is 125 Å². The van der Waals surface area contributed by atoms with Crippen LogP contribution in [0.1, 0.15) is 5.56 Å². The number of hydrogen-bond donors (Lipinski definition) is 1. The number of nitrogens with one attached hydrogen (secondary N) is 1. The van der Waals surface area contributed by atoms with E-state index in [2.05, 4.69) is 14.7 Å². The Balaban J connectivity index is 2.12. The van der Waals surface area contributed by atoms with Gasteiger partial charge < -0.3 is 0 Å². The molecule has 0 fully saturated rings. The normalized spacial score (nSPS) is 11.1. The van der Waals surface area contributed by atoms with E-state index in [0.29, 0.717) is 5.56 Å². The smallest absolute Gasteiger partial charge is 0.267 e. The summed E-state index contributed by atoms with van der Waals surface area (Å²) in [4.78, 5) is 17.3. The van der Waals surface area contributed by atoms with Crippen molar-refractivity contribution in [1.82, 2.24) is 9.97 Å². The van der Waals surface area contributed by atoms with Crippen molar-refractivity contribution in [3.8, 4) is 0 Å². The van der Waals surface area contributed by atoms with E-state index in [1.807, 2.05) is 0 Å². The van der Waals surface area contributed by atoms with Crippen LogP contribution in [0.3, 0.4) is 0 Å². The average Bonchev–Trinajstić information content (AvgIpc) is 2.38. The molecule has 2 rings (SSSR count). The van der Waals surface area contributed by atoms with Gasteiger partial charge in [0.1, 0.15) is 17.3 Å². The lowest BCUT2D eigenvalue weighted by atomic mass is 10.2. The van der Waals surface area contributed by atoms with Crippen LogP contribution in [0.15, 0.2) is 36.7 Å². The highest BCUT2D eigenvalue weighted by atomic mass is 35.5. The third-order valence-electron chi connectivity index (χ3n) is 2.40. The van der Waals surface area contributed by atoms with Crippen LogP contribution in [0.25, 0.3) is 0 Å². The Morgan fingerprint density at radius 3 is 2.48 bits per heavy atom. The molecule has 110 valence electrons. The monoisotopic (exact) mass is 328 g/mol. The van der Waals surface area contributed by atoms with Crippen LogP contribution in [0.2, 0.25) is 5.15 Å². The van der Waals surface area contributed by atoms with Crippen LogP contribution in [0, 0.1) is 10.1 Å². The molecule has 0 aliphatic carbocycles. The first kappa shape index (κ1) is 15.1. The summed E-state index contributed by atoms with van der Waals surface area (Å²) < 4.78 is 26.1. The van der Waals surface area contributed by atoms with Crippen molar-refractivity contribution in [2.24, 2.45) is 0 Å². The van der Waals surface area contributed by atoms with Gasteiger partial charge in [0.05, 0.1) is 10.7 Å². The van der Waals surface area contributed by atoms with Crippen molar-refractivity contribution < 1.29 is 13.3 Å². The molecule has 0 bridgehead atoms. The van der Waals surface area contributed by atoms with E-state index in [1.54, 1.807) is 0 Å². The molecule has 0 atom stereocenters. The minimum absolute atomic E-state index is 0.0527. The Hall–Kier alpha value is -2.26. The molecule has 8 nitrogen and oxygen atoms in total. The van der Waals surface area contributed by atoms with Crippen molar-refractivity contribution in [3.05, 3.63) is 57.5 Å². The number of hydrogen-bond acceptors (Lipinski definition) is 6. The number of halogens is 1. The Kier molecular flexibility index (Phi) is 4.34. The van der Waals surface area contributed by atoms with E-state index in [4.69, 9.17) is 11.6 Å². The summed E-state index contributed by atoms with van der Waals surface area (Å²) in [6, 6.07) is 6.52. The minimum atomic E-state index is -3.71. The van der Waals surface area contributed by atoms with Crippen LogP contribution < -0.4 is 4.72 Å². The molecule has 1 aromatic carbocycles. The number of nitrogens with zero attached hydrogens (tertiary/aromatic N) is 3. The molecule has 0 spiro atoms. The number of sulfonamides is 1. The summed E-state index contributed by atoms with van der Waals surface area (Å²) in [7, 11) is -3.71. The molecule has 21 heavy (non-hydrogen) atoms. The predicted molar refractivity (Wildman–Crippen MR) is 76.4 cm³/mol. The number of benzene rings is 1. The van der Waals surface area contributed by atoms with E-state index < -0.39 is 14.9 Å². The maximum atomic E-state index is 12.0. The third-order valence-corrected chi connectivity index (χ3v) is 3.84. The number of aromatic nitrogens is 2. The van der Waals surface area contributed by atoms with Crippen molar-refractivity contribution >= 4 is 33.1 Å². The fourth-order valence-electron chi connectivity index (χ4n) is 1.52. The summed E-state index contributed by atoms with van der Waals surface area (Å²) in [5, 5.41) is 10.6. The zero-order valence-electron chi connectivity index (χ0n) is 10.4. The first-order chi connectivity index (χ1) is 9.85. The van der Waals surface area contributed by atoms with Gasteiger partial charge in [-0.3, -0.25) is 14.8 Å². The van der Waals surface area contributed by atoms with Crippen LogP contribution in [-0.4, -0.2) is 23.3 Å². The van der Waals surface area contributed by atoms with Gasteiger partial charge in [0, 0.05) is 18.2 Å². The molecule has 0 radical (unpaired) electrons. The van der Waals surface area contributed by atoms with E-state index in [-0.39, 0.29) is 22.4 Å². The predicted octanol–water partition coefficient (Wildman–Crippen LogP) is 1.98. The maximum absolute atomic E-state index is 12.0. The van der Waals surface area contributed by atoms with Gasteiger partial charge in [-0.05, 0) is 5.56 Å². The van der Waals surface area contributed by atoms with Crippen molar-refractivity contribution in [1.29, 1.82) is 0 Å². The van der Waals surface area contributed by atoms with E-state index in [9.17, 15) is 18.5 Å². The van der Waals surface area contributed by atoms with E-state index >= 15 is 0 Å². The molecule has 1 heterocycles. The maximum Gasteiger partial charge on any atom is 0.269 e. The lowest BCUT2D eigenvalue weighted by molar-refractivity contribution is -0.384. The number of non-ortho nitro benzene ring substituents is 1. The molecule has 0 aliphatic rings. The SMILES string of the molecule is O=[N+]([O-])c1ccc(CS(=O)(=O)Nc2cc(Cl)ncn2)cc1. The fraction of sp³-hybridized carbons (Fsp3) is 0.0909. The number of nitro groups is 1. The largest absolute Gasteiger partial charge is 0.269 e. The molecular formula is C11H9ClN4O4S. The molecule has 0 saturated carbocycles. The van der Waals surface area contributed by atoms with E-state index in [0.717, 1.165) is 6.33 Å². The molecule has 0 aliphatic heterocycles. The van der Waals surface area contributed by atoms with E-state index in [1.165, 1.54) is 30.3 Å². The Morgan fingerprint density at radius 2 is 1.90 bits per heavy atom. The van der Waals surface area contributed by atoms with Crippen molar-refractivity contribution in [3.63, 3.8) is 0 Å². The van der Waals surface area contributed by atoms with Crippen molar-refractivity contribution in [2.45, 2.75) is 5.75 Å². The molecule has 0 saturated heterocycles. The molecule has 10 heteroatoms. The lowest BCUT2D eigenvalue weighted by Gasteiger charge is -2.07. The minimum Gasteiger partial charge on any atom is -0.267 e. The topological polar surface area (TPSA) is 115 Å². The number of nitro benzene ring substituents is 1. The first-order valence-corrected chi connectivity index (χ1v) is 7.60. The van der Waals surface area contributed by atoms with Crippen LogP contribution in [0.4, 0.5) is 11.5 Å². The number of rotatable bonds is 5. The van der Waals surface area contributed by atoms with Gasteiger partial charge in [-0.15, -0.1) is 0 Å². The van der Waals surface area contributed by atoms with Crippen LogP contribution in [0.5, 0.6) is 0 Å². The highest BCUT2D eigenvalue weighted by Gasteiger charge is 2.14. The fourth-order valence-corrected chi connectivity index (χ4v) is 2.80. The Morgan fingerprint density at radius 1 is 1.24 bits per heavy atom. The van der Waals surface area contributed by atoms with Crippen LogP contribution >= 0.6 is 11.6 Å². The summed E-state index contributed by atoms with van der Waals surface area (Å²) in [6.07, 6.45) is 1.13. The zero-order chi connectivity index (χ0) is 15.5. The average molecular weight is 329 g/mol. The third kappa shape index (κ3) is 4.36. The second-order valence-corrected chi connectivity index (χ2v) is 6.12. The molecule has 0 amide bonds. The van der Waals surface area contributed by atoms with Gasteiger partial charge >= 0.3 is 0 Å². The van der Waals surface area contributed by atoms with Crippen LogP contribution in [-0.2, 0) is 15.8 Å². The lowest BCUT2D eigenvalue weighted by Crippen LogP contribution is -2.16. The molecule has 1 aromatic heterocycles. The van der Waals surface area contributed by atoms with Gasteiger partial charge in [-0.2, -0.15) is 0 Å². The standard InChI is InChI=1S/C11H9ClN4O4S/c12-10-5-11(14-7-13-10)15-21(19,20)6-8-1-3-9(4-2-8)16(17)18/h1-5,7H,6H2,(H,13,14,15). The molecule has 0 unspecified atom stereocenters. The quantitative estimate of drug-likeness (QED) is 0.509. The van der Waals surface area contributed by atoms with Gasteiger partial charge in [0.2, 0.25) is 10.0 Å². The summed E-state index contributed by atoms with van der Waals surface area (Å²) in [5.74, 6) is -0.288. The second kappa shape index (κ2) is 6.02. The summed E-state index contributed by atoms with van der Waals surface area (Å²) >= 11 is 5.63. The molecule has 2 aromatic rings. The van der Waals surface area contributed by atoms with Crippen molar-refractivity contribution in [2.75, 3.05) is 4.72 Å². The number of anilines is 1. The summed E-state index contributed by atoms with van der Waals surface area (Å²) in [6.45, 7) is 0. The second-order valence-electron chi connectivity index (χ2n) is 4.01. The van der Waals surface area contributed by atoms with Gasteiger partial charge in [0.15, 0.2) is 0 Å². The zero-order valence-corrected chi connectivity index (χ0v) is 12.0. The molecule has 1 N–H and O–H groups in total.